The average molecular weight is 281 g/mol. The number of hydrogen-bond acceptors (Lipinski definition) is 5. The number of nitrogens with zero attached hydrogens (tertiary/aromatic N) is 2. The minimum atomic E-state index is 0.512. The van der Waals surface area contributed by atoms with Gasteiger partial charge in [-0.15, -0.1) is 0 Å². The normalized spacial score (nSPS) is 23.1. The van der Waals surface area contributed by atoms with E-state index >= 15 is 0 Å². The quantitative estimate of drug-likeness (QED) is 0.866. The van der Waals surface area contributed by atoms with Crippen molar-refractivity contribution in [1.29, 1.82) is 0 Å². The molecule has 0 radical (unpaired) electrons. The molecule has 1 aliphatic rings. The summed E-state index contributed by atoms with van der Waals surface area (Å²) in [5.74, 6) is 1.54. The van der Waals surface area contributed by atoms with Crippen LogP contribution in [0.2, 0.25) is 0 Å². The molecule has 0 aliphatic heterocycles. The maximum atomic E-state index is 5.54. The van der Waals surface area contributed by atoms with Crippen LogP contribution < -0.4 is 10.1 Å². The molecule has 0 aromatic carbocycles. The van der Waals surface area contributed by atoms with E-state index in [1.165, 1.54) is 25.7 Å². The number of ether oxygens (including phenoxy) is 1. The lowest BCUT2D eigenvalue weighted by atomic mass is 9.95. The zero-order chi connectivity index (χ0) is 13.5. The Labute approximate surface area is 119 Å². The standard InChI is InChI=1S/C14H23N3OS/c1-3-8-18-14-9-13(15-10-16-14)17-11-6-4-5-7-12(11)19-2/h9-12H,3-8H2,1-2H3,(H,15,16,17). The van der Waals surface area contributed by atoms with Crippen LogP contribution in [0.15, 0.2) is 12.4 Å². The molecular weight excluding hydrogens is 258 g/mol. The van der Waals surface area contributed by atoms with E-state index in [0.29, 0.717) is 23.8 Å². The molecule has 1 saturated carbocycles. The first-order chi connectivity index (χ1) is 9.33. The van der Waals surface area contributed by atoms with E-state index in [9.17, 15) is 0 Å². The third-order valence-corrected chi connectivity index (χ3v) is 4.60. The summed E-state index contributed by atoms with van der Waals surface area (Å²) in [5, 5.41) is 4.23. The van der Waals surface area contributed by atoms with Gasteiger partial charge in [-0.3, -0.25) is 0 Å². The van der Waals surface area contributed by atoms with Crippen LogP contribution in [0.4, 0.5) is 5.82 Å². The predicted molar refractivity (Wildman–Crippen MR) is 81.0 cm³/mol. The van der Waals surface area contributed by atoms with Crippen LogP contribution in [0, 0.1) is 0 Å². The molecule has 2 atom stereocenters. The molecule has 19 heavy (non-hydrogen) atoms. The van der Waals surface area contributed by atoms with Crippen molar-refractivity contribution in [2.75, 3.05) is 18.2 Å². The van der Waals surface area contributed by atoms with Crippen LogP contribution in [-0.2, 0) is 0 Å². The van der Waals surface area contributed by atoms with Crippen molar-refractivity contribution in [2.45, 2.75) is 50.3 Å². The van der Waals surface area contributed by atoms with E-state index < -0.39 is 0 Å². The molecule has 2 unspecified atom stereocenters. The van der Waals surface area contributed by atoms with Gasteiger partial charge < -0.3 is 10.1 Å². The predicted octanol–water partition coefficient (Wildman–Crippen LogP) is 3.35. The number of rotatable bonds is 6. The Morgan fingerprint density at radius 2 is 2.21 bits per heavy atom. The monoisotopic (exact) mass is 281 g/mol. The summed E-state index contributed by atoms with van der Waals surface area (Å²) in [5.41, 5.74) is 0. The molecule has 1 aromatic heterocycles. The molecule has 0 saturated heterocycles. The van der Waals surface area contributed by atoms with Crippen molar-refractivity contribution in [3.63, 3.8) is 0 Å². The summed E-state index contributed by atoms with van der Waals surface area (Å²) in [6.07, 6.45) is 9.93. The molecular formula is C14H23N3OS. The van der Waals surface area contributed by atoms with Gasteiger partial charge in [-0.25, -0.2) is 9.97 Å². The molecule has 106 valence electrons. The molecule has 4 nitrogen and oxygen atoms in total. The van der Waals surface area contributed by atoms with Crippen LogP contribution in [0.1, 0.15) is 39.0 Å². The topological polar surface area (TPSA) is 47.0 Å². The summed E-state index contributed by atoms with van der Waals surface area (Å²) in [6, 6.07) is 2.42. The smallest absolute Gasteiger partial charge is 0.218 e. The Bertz CT molecular complexity index is 389. The molecule has 2 rings (SSSR count). The minimum absolute atomic E-state index is 0.512. The summed E-state index contributed by atoms with van der Waals surface area (Å²) in [4.78, 5) is 8.43. The van der Waals surface area contributed by atoms with Crippen molar-refractivity contribution >= 4 is 17.6 Å². The van der Waals surface area contributed by atoms with Crippen molar-refractivity contribution in [1.82, 2.24) is 9.97 Å². The van der Waals surface area contributed by atoms with Gasteiger partial charge in [0.05, 0.1) is 6.61 Å². The number of thioether (sulfide) groups is 1. The second kappa shape index (κ2) is 7.58. The summed E-state index contributed by atoms with van der Waals surface area (Å²) in [7, 11) is 0. The van der Waals surface area contributed by atoms with Gasteiger partial charge in [0, 0.05) is 17.4 Å². The van der Waals surface area contributed by atoms with Crippen molar-refractivity contribution < 1.29 is 4.74 Å². The zero-order valence-corrected chi connectivity index (χ0v) is 12.6. The number of anilines is 1. The van der Waals surface area contributed by atoms with Crippen molar-refractivity contribution in [2.24, 2.45) is 0 Å². The van der Waals surface area contributed by atoms with Crippen LogP contribution in [0.5, 0.6) is 5.88 Å². The minimum Gasteiger partial charge on any atom is -0.478 e. The van der Waals surface area contributed by atoms with Crippen molar-refractivity contribution in [3.05, 3.63) is 12.4 Å². The first-order valence-corrected chi connectivity index (χ1v) is 8.36. The highest BCUT2D eigenvalue weighted by Gasteiger charge is 2.24. The fraction of sp³-hybridized carbons (Fsp3) is 0.714. The van der Waals surface area contributed by atoms with Crippen LogP contribution in [0.3, 0.4) is 0 Å². The third-order valence-electron chi connectivity index (χ3n) is 3.43. The number of nitrogens with one attached hydrogen (secondary N) is 1. The Kier molecular flexibility index (Phi) is 5.76. The lowest BCUT2D eigenvalue weighted by Crippen LogP contribution is -2.34. The van der Waals surface area contributed by atoms with Crippen LogP contribution >= 0.6 is 11.8 Å². The van der Waals surface area contributed by atoms with Crippen LogP contribution in [0.25, 0.3) is 0 Å². The fourth-order valence-electron chi connectivity index (χ4n) is 2.44. The van der Waals surface area contributed by atoms with Gasteiger partial charge >= 0.3 is 0 Å². The Morgan fingerprint density at radius 3 is 3.00 bits per heavy atom. The summed E-state index contributed by atoms with van der Waals surface area (Å²) >= 11 is 1.95. The van der Waals surface area contributed by atoms with E-state index in [0.717, 1.165) is 12.2 Å². The largest absolute Gasteiger partial charge is 0.478 e. The highest BCUT2D eigenvalue weighted by atomic mass is 32.2. The number of hydrogen-bond donors (Lipinski definition) is 1. The second-order valence-corrected chi connectivity index (χ2v) is 5.98. The lowest BCUT2D eigenvalue weighted by molar-refractivity contribution is 0.305. The second-order valence-electron chi connectivity index (χ2n) is 4.90. The molecule has 1 fully saturated rings. The Hall–Kier alpha value is -0.970. The highest BCUT2D eigenvalue weighted by Crippen LogP contribution is 2.29. The first-order valence-electron chi connectivity index (χ1n) is 7.07. The van der Waals surface area contributed by atoms with E-state index in [1.807, 2.05) is 17.8 Å². The van der Waals surface area contributed by atoms with Gasteiger partial charge in [-0.2, -0.15) is 11.8 Å². The summed E-state index contributed by atoms with van der Waals surface area (Å²) < 4.78 is 5.54. The molecule has 0 bridgehead atoms. The zero-order valence-electron chi connectivity index (χ0n) is 11.8. The molecule has 0 spiro atoms. The van der Waals surface area contributed by atoms with Crippen molar-refractivity contribution in [3.8, 4) is 5.88 Å². The molecule has 1 N–H and O–H groups in total. The van der Waals surface area contributed by atoms with Gasteiger partial charge in [0.25, 0.3) is 0 Å². The number of aromatic nitrogens is 2. The van der Waals surface area contributed by atoms with Gasteiger partial charge in [-0.05, 0) is 25.5 Å². The Balaban J connectivity index is 1.97. The maximum Gasteiger partial charge on any atom is 0.218 e. The lowest BCUT2D eigenvalue weighted by Gasteiger charge is -2.31. The van der Waals surface area contributed by atoms with Gasteiger partial charge in [0.15, 0.2) is 0 Å². The molecule has 5 heteroatoms. The maximum absolute atomic E-state index is 5.54. The SMILES string of the molecule is CCCOc1cc(NC2CCCCC2SC)ncn1. The third kappa shape index (κ3) is 4.27. The fourth-order valence-corrected chi connectivity index (χ4v) is 3.37. The highest BCUT2D eigenvalue weighted by molar-refractivity contribution is 7.99. The van der Waals surface area contributed by atoms with Gasteiger partial charge in [-0.1, -0.05) is 19.8 Å². The molecule has 0 amide bonds. The average Bonchev–Trinajstić information content (AvgIpc) is 2.46. The molecule has 1 heterocycles. The molecule has 1 aliphatic carbocycles. The van der Waals surface area contributed by atoms with E-state index in [4.69, 9.17) is 4.74 Å². The Morgan fingerprint density at radius 1 is 1.37 bits per heavy atom. The van der Waals surface area contributed by atoms with Crippen LogP contribution in [-0.4, -0.2) is 34.1 Å². The van der Waals surface area contributed by atoms with Gasteiger partial charge in [0.2, 0.25) is 5.88 Å². The van der Waals surface area contributed by atoms with Gasteiger partial charge in [0.1, 0.15) is 12.1 Å². The summed E-state index contributed by atoms with van der Waals surface area (Å²) in [6.45, 7) is 2.79. The first kappa shape index (κ1) is 14.4. The van der Waals surface area contributed by atoms with E-state index in [-0.39, 0.29) is 0 Å². The van der Waals surface area contributed by atoms with E-state index in [1.54, 1.807) is 6.33 Å². The molecule has 1 aromatic rings. The van der Waals surface area contributed by atoms with E-state index in [2.05, 4.69) is 28.5 Å².